The highest BCUT2D eigenvalue weighted by Crippen LogP contribution is 2.21. The third-order valence-electron chi connectivity index (χ3n) is 3.21. The first kappa shape index (κ1) is 15.5. The lowest BCUT2D eigenvalue weighted by molar-refractivity contribution is 0.0738. The number of benzene rings is 1. The molecule has 2 N–H and O–H groups in total. The van der Waals surface area contributed by atoms with Gasteiger partial charge >= 0.3 is 0 Å². The molecule has 0 aliphatic rings. The minimum absolute atomic E-state index is 0.00760. The molecule has 0 aliphatic heterocycles. The normalized spacial score (nSPS) is 10.8. The summed E-state index contributed by atoms with van der Waals surface area (Å²) in [6.07, 6.45) is 0. The summed E-state index contributed by atoms with van der Waals surface area (Å²) in [5.74, 6) is 0.00760. The molecule has 1 heterocycles. The standard InChI is InChI=1S/C16H21N3OS/c1-18(2)9-10-19(12-13-6-4-3-5-7-13)16(20)15-14(17)8-11-21-15/h3-8,11H,9-10,12,17H2,1-2H3. The predicted molar refractivity (Wildman–Crippen MR) is 88.5 cm³/mol. The summed E-state index contributed by atoms with van der Waals surface area (Å²) in [6, 6.07) is 11.8. The summed E-state index contributed by atoms with van der Waals surface area (Å²) in [7, 11) is 4.01. The van der Waals surface area contributed by atoms with Gasteiger partial charge in [0.1, 0.15) is 4.88 Å². The fourth-order valence-corrected chi connectivity index (χ4v) is 2.80. The van der Waals surface area contributed by atoms with Crippen molar-refractivity contribution >= 4 is 22.9 Å². The van der Waals surface area contributed by atoms with Crippen LogP contribution in [0, 0.1) is 0 Å². The molecule has 0 aliphatic carbocycles. The van der Waals surface area contributed by atoms with Crippen LogP contribution >= 0.6 is 11.3 Å². The molecular formula is C16H21N3OS. The minimum atomic E-state index is 0.00760. The fraction of sp³-hybridized carbons (Fsp3) is 0.312. The second-order valence-corrected chi connectivity index (χ2v) is 6.14. The van der Waals surface area contributed by atoms with Crippen LogP contribution in [0.4, 0.5) is 5.69 Å². The highest BCUT2D eigenvalue weighted by Gasteiger charge is 2.19. The maximum Gasteiger partial charge on any atom is 0.266 e. The molecule has 0 fully saturated rings. The Balaban J connectivity index is 2.15. The first-order valence-corrected chi connectivity index (χ1v) is 7.77. The largest absolute Gasteiger partial charge is 0.397 e. The predicted octanol–water partition coefficient (Wildman–Crippen LogP) is 2.53. The SMILES string of the molecule is CN(C)CCN(Cc1ccccc1)C(=O)c1sccc1N. The highest BCUT2D eigenvalue weighted by atomic mass is 32.1. The number of carbonyl (C=O) groups is 1. The molecule has 0 spiro atoms. The summed E-state index contributed by atoms with van der Waals surface area (Å²) < 4.78 is 0. The highest BCUT2D eigenvalue weighted by molar-refractivity contribution is 7.12. The lowest BCUT2D eigenvalue weighted by atomic mass is 10.2. The molecule has 0 unspecified atom stereocenters. The Morgan fingerprint density at radius 3 is 2.43 bits per heavy atom. The number of hydrogen-bond donors (Lipinski definition) is 1. The van der Waals surface area contributed by atoms with Crippen molar-refractivity contribution in [3.8, 4) is 0 Å². The Kier molecular flexibility index (Phi) is 5.36. The summed E-state index contributed by atoms with van der Waals surface area (Å²) in [6.45, 7) is 2.10. The van der Waals surface area contributed by atoms with E-state index in [4.69, 9.17) is 5.73 Å². The Morgan fingerprint density at radius 2 is 1.86 bits per heavy atom. The Hall–Kier alpha value is -1.85. The van der Waals surface area contributed by atoms with Crippen molar-refractivity contribution in [1.82, 2.24) is 9.80 Å². The Bertz CT molecular complexity index is 580. The molecule has 0 radical (unpaired) electrons. The molecule has 1 aromatic heterocycles. The van der Waals surface area contributed by atoms with Crippen LogP contribution < -0.4 is 5.73 Å². The topological polar surface area (TPSA) is 49.6 Å². The number of hydrogen-bond acceptors (Lipinski definition) is 4. The summed E-state index contributed by atoms with van der Waals surface area (Å²) in [4.78, 5) is 17.2. The van der Waals surface area contributed by atoms with Gasteiger partial charge in [0.2, 0.25) is 0 Å². The lowest BCUT2D eigenvalue weighted by Gasteiger charge is -2.24. The van der Waals surface area contributed by atoms with Crippen LogP contribution in [-0.4, -0.2) is 42.9 Å². The first-order valence-electron chi connectivity index (χ1n) is 6.89. The van der Waals surface area contributed by atoms with E-state index < -0.39 is 0 Å². The lowest BCUT2D eigenvalue weighted by Crippen LogP contribution is -2.36. The number of amides is 1. The van der Waals surface area contributed by atoms with E-state index in [9.17, 15) is 4.79 Å². The van der Waals surface area contributed by atoms with Gasteiger partial charge in [0.05, 0.1) is 5.69 Å². The van der Waals surface area contributed by atoms with E-state index in [1.807, 2.05) is 54.7 Å². The van der Waals surface area contributed by atoms with Crippen molar-refractivity contribution in [2.75, 3.05) is 32.9 Å². The number of rotatable bonds is 6. The number of thiophene rings is 1. The van der Waals surface area contributed by atoms with Gasteiger partial charge in [0.25, 0.3) is 5.91 Å². The molecule has 0 saturated heterocycles. The van der Waals surface area contributed by atoms with Crippen LogP contribution in [0.3, 0.4) is 0 Å². The Morgan fingerprint density at radius 1 is 1.14 bits per heavy atom. The third-order valence-corrected chi connectivity index (χ3v) is 4.13. The molecule has 0 saturated carbocycles. The Labute approximate surface area is 129 Å². The van der Waals surface area contributed by atoms with Gasteiger partial charge in [0, 0.05) is 19.6 Å². The molecule has 21 heavy (non-hydrogen) atoms. The first-order chi connectivity index (χ1) is 10.1. The molecule has 1 amide bonds. The fourth-order valence-electron chi connectivity index (χ4n) is 2.01. The molecule has 112 valence electrons. The van der Waals surface area contributed by atoms with E-state index in [1.54, 1.807) is 6.07 Å². The maximum absolute atomic E-state index is 12.7. The second kappa shape index (κ2) is 7.24. The number of nitrogen functional groups attached to an aromatic ring is 1. The quantitative estimate of drug-likeness (QED) is 0.892. The third kappa shape index (κ3) is 4.31. The van der Waals surface area contributed by atoms with Gasteiger partial charge in [-0.25, -0.2) is 0 Å². The van der Waals surface area contributed by atoms with E-state index in [2.05, 4.69) is 4.90 Å². The van der Waals surface area contributed by atoms with Crippen molar-refractivity contribution in [3.05, 3.63) is 52.2 Å². The zero-order valence-electron chi connectivity index (χ0n) is 12.5. The van der Waals surface area contributed by atoms with Crippen molar-refractivity contribution in [3.63, 3.8) is 0 Å². The number of likely N-dealkylation sites (N-methyl/N-ethyl adjacent to an activating group) is 1. The molecule has 0 bridgehead atoms. The van der Waals surface area contributed by atoms with Gasteiger partial charge in [-0.05, 0) is 31.1 Å². The van der Waals surface area contributed by atoms with Crippen LogP contribution in [0.5, 0.6) is 0 Å². The zero-order valence-corrected chi connectivity index (χ0v) is 13.3. The average molecular weight is 303 g/mol. The van der Waals surface area contributed by atoms with Crippen molar-refractivity contribution in [2.45, 2.75) is 6.54 Å². The monoisotopic (exact) mass is 303 g/mol. The summed E-state index contributed by atoms with van der Waals surface area (Å²) in [5, 5.41) is 1.86. The number of anilines is 1. The van der Waals surface area contributed by atoms with Crippen LogP contribution in [0.15, 0.2) is 41.8 Å². The van der Waals surface area contributed by atoms with Crippen LogP contribution in [-0.2, 0) is 6.54 Å². The smallest absolute Gasteiger partial charge is 0.266 e. The number of nitrogens with two attached hydrogens (primary N) is 1. The minimum Gasteiger partial charge on any atom is -0.397 e. The van der Waals surface area contributed by atoms with Crippen molar-refractivity contribution < 1.29 is 4.79 Å². The van der Waals surface area contributed by atoms with Crippen LogP contribution in [0.2, 0.25) is 0 Å². The average Bonchev–Trinajstić information content (AvgIpc) is 2.90. The van der Waals surface area contributed by atoms with Gasteiger partial charge in [-0.3, -0.25) is 4.79 Å². The van der Waals surface area contributed by atoms with E-state index in [0.717, 1.165) is 12.1 Å². The molecule has 0 atom stereocenters. The zero-order chi connectivity index (χ0) is 15.2. The van der Waals surface area contributed by atoms with E-state index in [0.29, 0.717) is 23.7 Å². The van der Waals surface area contributed by atoms with E-state index >= 15 is 0 Å². The van der Waals surface area contributed by atoms with E-state index in [-0.39, 0.29) is 5.91 Å². The van der Waals surface area contributed by atoms with Gasteiger partial charge in [-0.15, -0.1) is 11.3 Å². The molecule has 1 aromatic carbocycles. The second-order valence-electron chi connectivity index (χ2n) is 5.22. The van der Waals surface area contributed by atoms with Crippen LogP contribution in [0.1, 0.15) is 15.2 Å². The summed E-state index contributed by atoms with van der Waals surface area (Å²) in [5.41, 5.74) is 7.57. The molecule has 2 aromatic rings. The van der Waals surface area contributed by atoms with Gasteiger partial charge in [0.15, 0.2) is 0 Å². The van der Waals surface area contributed by atoms with Gasteiger partial charge < -0.3 is 15.5 Å². The van der Waals surface area contributed by atoms with Crippen molar-refractivity contribution in [1.29, 1.82) is 0 Å². The number of nitrogens with zero attached hydrogens (tertiary/aromatic N) is 2. The van der Waals surface area contributed by atoms with Gasteiger partial charge in [-0.1, -0.05) is 30.3 Å². The van der Waals surface area contributed by atoms with E-state index in [1.165, 1.54) is 11.3 Å². The van der Waals surface area contributed by atoms with Gasteiger partial charge in [-0.2, -0.15) is 0 Å². The molecule has 5 heteroatoms. The van der Waals surface area contributed by atoms with Crippen LogP contribution in [0.25, 0.3) is 0 Å². The molecule has 2 rings (SSSR count). The number of carbonyl (C=O) groups excluding carboxylic acids is 1. The summed E-state index contributed by atoms with van der Waals surface area (Å²) >= 11 is 1.40. The molecule has 4 nitrogen and oxygen atoms in total. The maximum atomic E-state index is 12.7. The molecular weight excluding hydrogens is 282 g/mol. The van der Waals surface area contributed by atoms with Crippen molar-refractivity contribution in [2.24, 2.45) is 0 Å².